The Morgan fingerprint density at radius 3 is 2.21 bits per heavy atom. The molecule has 0 spiro atoms. The van der Waals surface area contributed by atoms with E-state index < -0.39 is 0 Å². The molecule has 0 amide bonds. The van der Waals surface area contributed by atoms with Gasteiger partial charge in [-0.2, -0.15) is 0 Å². The molecule has 0 fully saturated rings. The first-order valence-electron chi connectivity index (χ1n) is 14.0. The highest BCUT2D eigenvalue weighted by atomic mass is 16.5. The minimum atomic E-state index is -0.261. The summed E-state index contributed by atoms with van der Waals surface area (Å²) in [6, 6.07) is 0. The highest BCUT2D eigenvalue weighted by Crippen LogP contribution is 2.45. The van der Waals surface area contributed by atoms with Gasteiger partial charge >= 0.3 is 5.97 Å². The van der Waals surface area contributed by atoms with E-state index in [2.05, 4.69) is 48.5 Å². The summed E-state index contributed by atoms with van der Waals surface area (Å²) in [6.45, 7) is 19.4. The van der Waals surface area contributed by atoms with E-state index in [4.69, 9.17) is 9.47 Å². The second-order valence-electron chi connectivity index (χ2n) is 11.8. The fourth-order valence-corrected chi connectivity index (χ4v) is 5.59. The molecule has 3 unspecified atom stereocenters. The molecule has 3 atom stereocenters. The van der Waals surface area contributed by atoms with E-state index in [1.54, 1.807) is 0 Å². The van der Waals surface area contributed by atoms with Crippen LogP contribution < -0.4 is 9.47 Å². The molecule has 3 heteroatoms. The third-order valence-corrected chi connectivity index (χ3v) is 8.26. The number of rotatable bonds is 13. The number of hydrogen-bond donors (Lipinski definition) is 0. The Bertz CT molecular complexity index is 810. The molecule has 34 heavy (non-hydrogen) atoms. The molecule has 0 saturated carbocycles. The number of carbonyl (C=O) groups excluding carboxylic acids is 1. The van der Waals surface area contributed by atoms with Crippen LogP contribution in [0, 0.1) is 38.5 Å². The lowest BCUT2D eigenvalue weighted by molar-refractivity contribution is -0.132. The molecular formula is C31H52O3. The Morgan fingerprint density at radius 1 is 0.971 bits per heavy atom. The van der Waals surface area contributed by atoms with Crippen LogP contribution in [0.2, 0.25) is 0 Å². The van der Waals surface area contributed by atoms with Gasteiger partial charge < -0.3 is 9.47 Å². The third-order valence-electron chi connectivity index (χ3n) is 8.26. The normalized spacial score (nSPS) is 19.5. The lowest BCUT2D eigenvalue weighted by Gasteiger charge is -2.39. The van der Waals surface area contributed by atoms with Crippen molar-refractivity contribution in [1.29, 1.82) is 0 Å². The fourth-order valence-electron chi connectivity index (χ4n) is 5.59. The van der Waals surface area contributed by atoms with Gasteiger partial charge in [0.2, 0.25) is 0 Å². The van der Waals surface area contributed by atoms with E-state index in [1.165, 1.54) is 63.9 Å². The molecule has 1 aliphatic rings. The largest absolute Gasteiger partial charge is 0.487 e. The van der Waals surface area contributed by atoms with Crippen LogP contribution in [0.15, 0.2) is 0 Å². The molecule has 0 aromatic heterocycles. The van der Waals surface area contributed by atoms with Gasteiger partial charge in [0.05, 0.1) is 0 Å². The molecule has 1 aromatic rings. The van der Waals surface area contributed by atoms with Gasteiger partial charge in [-0.1, -0.05) is 72.6 Å². The van der Waals surface area contributed by atoms with Crippen molar-refractivity contribution in [2.24, 2.45) is 17.8 Å². The second kappa shape index (κ2) is 13.0. The van der Waals surface area contributed by atoms with Crippen LogP contribution >= 0.6 is 0 Å². The van der Waals surface area contributed by atoms with Crippen LogP contribution in [0.4, 0.5) is 0 Å². The van der Waals surface area contributed by atoms with Crippen LogP contribution in [0.25, 0.3) is 0 Å². The van der Waals surface area contributed by atoms with Crippen molar-refractivity contribution in [3.8, 4) is 11.5 Å². The van der Waals surface area contributed by atoms with Crippen molar-refractivity contribution in [2.75, 3.05) is 0 Å². The van der Waals surface area contributed by atoms with Crippen molar-refractivity contribution in [3.05, 3.63) is 22.3 Å². The first-order chi connectivity index (χ1) is 16.0. The smallest absolute Gasteiger partial charge is 0.308 e. The minimum Gasteiger partial charge on any atom is -0.487 e. The number of esters is 1. The fraction of sp³-hybridized carbons (Fsp3) is 0.774. The van der Waals surface area contributed by atoms with E-state index in [-0.39, 0.29) is 11.6 Å². The van der Waals surface area contributed by atoms with Crippen molar-refractivity contribution in [1.82, 2.24) is 0 Å². The average molecular weight is 473 g/mol. The van der Waals surface area contributed by atoms with E-state index in [0.29, 0.717) is 0 Å². The molecule has 2 rings (SSSR count). The number of carbonyl (C=O) groups is 1. The minimum absolute atomic E-state index is 0.114. The first-order valence-corrected chi connectivity index (χ1v) is 14.0. The van der Waals surface area contributed by atoms with Gasteiger partial charge in [0.25, 0.3) is 0 Å². The lowest BCUT2D eigenvalue weighted by Crippen LogP contribution is -2.37. The summed E-state index contributed by atoms with van der Waals surface area (Å²) in [5.74, 6) is 3.98. The quantitative estimate of drug-likeness (QED) is 0.212. The summed E-state index contributed by atoms with van der Waals surface area (Å²) in [7, 11) is 0. The maximum absolute atomic E-state index is 11.6. The second-order valence-corrected chi connectivity index (χ2v) is 11.8. The molecule has 3 nitrogen and oxygen atoms in total. The number of fused-ring (bicyclic) bond motifs is 1. The van der Waals surface area contributed by atoms with Gasteiger partial charge in [0.15, 0.2) is 0 Å². The lowest BCUT2D eigenvalue weighted by atomic mass is 9.82. The summed E-state index contributed by atoms with van der Waals surface area (Å²) < 4.78 is 12.3. The molecule has 194 valence electrons. The van der Waals surface area contributed by atoms with E-state index in [0.717, 1.165) is 65.2 Å². The Balaban J connectivity index is 1.93. The van der Waals surface area contributed by atoms with Gasteiger partial charge in [0.1, 0.15) is 17.1 Å². The molecule has 0 N–H and O–H groups in total. The molecule has 1 aromatic carbocycles. The zero-order valence-corrected chi connectivity index (χ0v) is 23.7. The molecule has 0 saturated heterocycles. The van der Waals surface area contributed by atoms with Crippen molar-refractivity contribution >= 4 is 5.97 Å². The zero-order valence-electron chi connectivity index (χ0n) is 23.7. The van der Waals surface area contributed by atoms with Crippen LogP contribution in [-0.4, -0.2) is 11.6 Å². The summed E-state index contributed by atoms with van der Waals surface area (Å²) in [6.07, 6.45) is 13.8. The standard InChI is InChI=1S/C31H52O3/c1-10-27(16-12-15-22(4)14-11-13-21(2)3)17-19-31(9)20-18-28-25(7)29(33-26(8)32)23(5)24(6)30(28)34-31/h21-22,27H,10-20H2,1-9H3. The van der Waals surface area contributed by atoms with Gasteiger partial charge in [-0.25, -0.2) is 0 Å². The predicted molar refractivity (Wildman–Crippen MR) is 144 cm³/mol. The van der Waals surface area contributed by atoms with Crippen LogP contribution in [0.1, 0.15) is 128 Å². The van der Waals surface area contributed by atoms with Crippen LogP contribution in [0.3, 0.4) is 0 Å². The van der Waals surface area contributed by atoms with Crippen LogP contribution in [0.5, 0.6) is 11.5 Å². The van der Waals surface area contributed by atoms with Gasteiger partial charge in [-0.15, -0.1) is 0 Å². The highest BCUT2D eigenvalue weighted by molar-refractivity contribution is 5.72. The van der Waals surface area contributed by atoms with Gasteiger partial charge in [-0.3, -0.25) is 4.79 Å². The van der Waals surface area contributed by atoms with Gasteiger partial charge in [-0.05, 0) is 87.8 Å². The molecule has 0 bridgehead atoms. The predicted octanol–water partition coefficient (Wildman–Crippen LogP) is 9.06. The summed E-state index contributed by atoms with van der Waals surface area (Å²) in [5.41, 5.74) is 4.29. The van der Waals surface area contributed by atoms with Crippen molar-refractivity contribution < 1.29 is 14.3 Å². The van der Waals surface area contributed by atoms with Crippen LogP contribution in [-0.2, 0) is 11.2 Å². The molecule has 1 heterocycles. The maximum atomic E-state index is 11.6. The van der Waals surface area contributed by atoms with E-state index in [9.17, 15) is 4.79 Å². The Hall–Kier alpha value is -1.51. The number of hydrogen-bond acceptors (Lipinski definition) is 3. The monoisotopic (exact) mass is 472 g/mol. The molecular weight excluding hydrogens is 420 g/mol. The molecule has 0 radical (unpaired) electrons. The Morgan fingerprint density at radius 2 is 1.62 bits per heavy atom. The average Bonchev–Trinajstić information content (AvgIpc) is 2.77. The Labute approximate surface area is 210 Å². The van der Waals surface area contributed by atoms with Gasteiger partial charge in [0, 0.05) is 12.5 Å². The van der Waals surface area contributed by atoms with Crippen molar-refractivity contribution in [3.63, 3.8) is 0 Å². The third kappa shape index (κ3) is 8.02. The summed E-state index contributed by atoms with van der Waals surface area (Å²) in [5, 5.41) is 0. The molecule has 1 aliphatic heterocycles. The SMILES string of the molecule is CCC(CCCC(C)CCCC(C)C)CCC1(C)CCc2c(C)c(OC(C)=O)c(C)c(C)c2O1. The zero-order chi connectivity index (χ0) is 25.5. The summed E-state index contributed by atoms with van der Waals surface area (Å²) >= 11 is 0. The highest BCUT2D eigenvalue weighted by Gasteiger charge is 2.35. The van der Waals surface area contributed by atoms with Crippen molar-refractivity contribution in [2.45, 2.75) is 139 Å². The number of ether oxygens (including phenoxy) is 2. The summed E-state index contributed by atoms with van der Waals surface area (Å²) in [4.78, 5) is 11.6. The van der Waals surface area contributed by atoms with E-state index in [1.807, 2.05) is 6.92 Å². The maximum Gasteiger partial charge on any atom is 0.308 e. The topological polar surface area (TPSA) is 35.5 Å². The Kier molecular flexibility index (Phi) is 11.0. The number of benzene rings is 1. The molecule has 0 aliphatic carbocycles. The van der Waals surface area contributed by atoms with E-state index >= 15 is 0 Å². The first kappa shape index (κ1) is 28.7.